The molecule has 0 bridgehead atoms. The number of benzene rings is 2. The fourth-order valence-corrected chi connectivity index (χ4v) is 2.50. The number of anilines is 1. The smallest absolute Gasteiger partial charge is 0.210 e. The van der Waals surface area contributed by atoms with Gasteiger partial charge in [-0.1, -0.05) is 30.3 Å². The summed E-state index contributed by atoms with van der Waals surface area (Å²) in [5, 5.41) is 0.204. The molecule has 0 amide bonds. The number of hydrogen-bond donors (Lipinski definition) is 2. The minimum atomic E-state index is -0.227. The third-order valence-corrected chi connectivity index (χ3v) is 3.68. The summed E-state index contributed by atoms with van der Waals surface area (Å²) >= 11 is 5.10. The predicted molar refractivity (Wildman–Crippen MR) is 90.3 cm³/mol. The maximum absolute atomic E-state index is 13.7. The Morgan fingerprint density at radius 3 is 2.64 bits per heavy atom. The molecule has 4 nitrogen and oxygen atoms in total. The minimum Gasteiger partial charge on any atom is -0.376 e. The van der Waals surface area contributed by atoms with Gasteiger partial charge < -0.3 is 10.7 Å². The summed E-state index contributed by atoms with van der Waals surface area (Å²) in [4.78, 5) is 9.34. The van der Waals surface area contributed by atoms with Crippen LogP contribution in [-0.4, -0.2) is 21.6 Å². The zero-order valence-electron chi connectivity index (χ0n) is 11.8. The number of rotatable bonds is 4. The van der Waals surface area contributed by atoms with Gasteiger partial charge in [-0.2, -0.15) is 0 Å². The van der Waals surface area contributed by atoms with Gasteiger partial charge >= 0.3 is 0 Å². The lowest BCUT2D eigenvalue weighted by Crippen LogP contribution is -2.38. The molecular weight excluding hydrogens is 299 g/mol. The van der Waals surface area contributed by atoms with Crippen molar-refractivity contribution in [2.75, 3.05) is 11.4 Å². The van der Waals surface area contributed by atoms with Gasteiger partial charge in [-0.25, -0.2) is 9.37 Å². The molecule has 112 valence electrons. The van der Waals surface area contributed by atoms with Crippen molar-refractivity contribution in [2.45, 2.75) is 6.42 Å². The van der Waals surface area contributed by atoms with Crippen LogP contribution in [0.4, 0.5) is 10.3 Å². The van der Waals surface area contributed by atoms with E-state index in [1.807, 2.05) is 30.3 Å². The van der Waals surface area contributed by atoms with Gasteiger partial charge in [-0.05, 0) is 42.4 Å². The first-order valence-electron chi connectivity index (χ1n) is 6.90. The maximum Gasteiger partial charge on any atom is 0.210 e. The number of fused-ring (bicyclic) bond motifs is 1. The van der Waals surface area contributed by atoms with E-state index in [-0.39, 0.29) is 10.9 Å². The maximum atomic E-state index is 13.7. The Labute approximate surface area is 132 Å². The van der Waals surface area contributed by atoms with Crippen molar-refractivity contribution >= 4 is 34.3 Å². The van der Waals surface area contributed by atoms with E-state index in [4.69, 9.17) is 18.0 Å². The number of H-pyrrole nitrogens is 1. The summed E-state index contributed by atoms with van der Waals surface area (Å²) in [5.41, 5.74) is 8.17. The van der Waals surface area contributed by atoms with Gasteiger partial charge in [-0.15, -0.1) is 0 Å². The molecule has 1 aromatic heterocycles. The Bertz CT molecular complexity index is 782. The Hall–Kier alpha value is -2.47. The van der Waals surface area contributed by atoms with E-state index < -0.39 is 0 Å². The number of nitrogens with zero attached hydrogens (tertiary/aromatic N) is 2. The number of aromatic nitrogens is 2. The lowest BCUT2D eigenvalue weighted by molar-refractivity contribution is 0.609. The van der Waals surface area contributed by atoms with E-state index in [9.17, 15) is 4.39 Å². The normalized spacial score (nSPS) is 10.8. The van der Waals surface area contributed by atoms with Crippen molar-refractivity contribution in [1.82, 2.24) is 9.97 Å². The monoisotopic (exact) mass is 314 g/mol. The number of halogens is 1. The molecule has 1 heterocycles. The van der Waals surface area contributed by atoms with Crippen molar-refractivity contribution in [1.29, 1.82) is 0 Å². The second-order valence-electron chi connectivity index (χ2n) is 4.91. The first-order valence-corrected chi connectivity index (χ1v) is 7.31. The molecule has 0 saturated carbocycles. The van der Waals surface area contributed by atoms with Crippen LogP contribution in [-0.2, 0) is 6.42 Å². The number of nitrogens with two attached hydrogens (primary N) is 1. The third kappa shape index (κ3) is 2.92. The molecule has 3 aromatic rings. The Balaban J connectivity index is 1.84. The van der Waals surface area contributed by atoms with Crippen LogP contribution in [0.25, 0.3) is 11.0 Å². The van der Waals surface area contributed by atoms with Gasteiger partial charge in [0.1, 0.15) is 5.82 Å². The molecule has 0 saturated heterocycles. The van der Waals surface area contributed by atoms with Crippen molar-refractivity contribution in [3.05, 3.63) is 59.9 Å². The molecule has 0 atom stereocenters. The van der Waals surface area contributed by atoms with Gasteiger partial charge in [0.25, 0.3) is 0 Å². The fraction of sp³-hybridized carbons (Fsp3) is 0.125. The van der Waals surface area contributed by atoms with Crippen LogP contribution >= 0.6 is 12.2 Å². The molecule has 0 fully saturated rings. The third-order valence-electron chi connectivity index (χ3n) is 3.46. The average Bonchev–Trinajstić information content (AvgIpc) is 2.92. The van der Waals surface area contributed by atoms with E-state index in [0.29, 0.717) is 24.5 Å². The lowest BCUT2D eigenvalue weighted by atomic mass is 10.1. The summed E-state index contributed by atoms with van der Waals surface area (Å²) in [6.07, 6.45) is 0.487. The average molecular weight is 314 g/mol. The van der Waals surface area contributed by atoms with Crippen LogP contribution in [0.1, 0.15) is 5.56 Å². The van der Waals surface area contributed by atoms with Gasteiger partial charge in [-0.3, -0.25) is 4.90 Å². The number of para-hydroxylation sites is 2. The molecule has 0 aliphatic rings. The van der Waals surface area contributed by atoms with E-state index >= 15 is 0 Å². The molecule has 6 heteroatoms. The van der Waals surface area contributed by atoms with E-state index in [1.165, 1.54) is 6.07 Å². The second kappa shape index (κ2) is 6.11. The number of thiocarbonyl (C=S) groups is 1. The van der Waals surface area contributed by atoms with E-state index in [2.05, 4.69) is 9.97 Å². The summed E-state index contributed by atoms with van der Waals surface area (Å²) in [6.45, 7) is 0.454. The first kappa shape index (κ1) is 14.5. The summed E-state index contributed by atoms with van der Waals surface area (Å²) in [5.74, 6) is 0.347. The van der Waals surface area contributed by atoms with Gasteiger partial charge in [0.15, 0.2) is 5.11 Å². The molecular formula is C16H15FN4S. The SMILES string of the molecule is NC(=S)N(CCc1ccccc1F)c1nc2ccccc2[nH]1. The van der Waals surface area contributed by atoms with Gasteiger partial charge in [0.05, 0.1) is 11.0 Å². The molecule has 0 radical (unpaired) electrons. The molecule has 0 unspecified atom stereocenters. The molecule has 0 aliphatic heterocycles. The minimum absolute atomic E-state index is 0.204. The van der Waals surface area contributed by atoms with Gasteiger partial charge in [0.2, 0.25) is 5.95 Å². The lowest BCUT2D eigenvalue weighted by Gasteiger charge is -2.19. The molecule has 3 N–H and O–H groups in total. The van der Waals surface area contributed by atoms with Gasteiger partial charge in [0, 0.05) is 6.54 Å². The van der Waals surface area contributed by atoms with Crippen LogP contribution in [0.2, 0.25) is 0 Å². The van der Waals surface area contributed by atoms with E-state index in [1.54, 1.807) is 17.0 Å². The highest BCUT2D eigenvalue weighted by atomic mass is 32.1. The molecule has 0 aliphatic carbocycles. The number of hydrogen-bond acceptors (Lipinski definition) is 2. The number of aromatic amines is 1. The molecule has 3 rings (SSSR count). The highest BCUT2D eigenvalue weighted by Gasteiger charge is 2.14. The first-order chi connectivity index (χ1) is 10.6. The zero-order chi connectivity index (χ0) is 15.5. The standard InChI is InChI=1S/C16H15FN4S/c17-12-6-2-1-5-11(12)9-10-21(15(18)22)16-19-13-7-3-4-8-14(13)20-16/h1-8H,9-10H2,(H2,18,22)(H,19,20). The van der Waals surface area contributed by atoms with Crippen LogP contribution < -0.4 is 10.6 Å². The second-order valence-corrected chi connectivity index (χ2v) is 5.33. The van der Waals surface area contributed by atoms with Crippen LogP contribution in [0.5, 0.6) is 0 Å². The summed E-state index contributed by atoms with van der Waals surface area (Å²) in [6, 6.07) is 14.4. The molecule has 0 spiro atoms. The quantitative estimate of drug-likeness (QED) is 0.727. The fourth-order valence-electron chi connectivity index (χ4n) is 2.32. The zero-order valence-corrected chi connectivity index (χ0v) is 12.6. The highest BCUT2D eigenvalue weighted by Crippen LogP contribution is 2.18. The van der Waals surface area contributed by atoms with E-state index in [0.717, 1.165) is 11.0 Å². The van der Waals surface area contributed by atoms with Crippen LogP contribution in [0.15, 0.2) is 48.5 Å². The molecule has 2 aromatic carbocycles. The number of nitrogens with one attached hydrogen (secondary N) is 1. The summed E-state index contributed by atoms with van der Waals surface area (Å²) < 4.78 is 13.7. The van der Waals surface area contributed by atoms with Crippen molar-refractivity contribution in [2.24, 2.45) is 5.73 Å². The van der Waals surface area contributed by atoms with Crippen molar-refractivity contribution < 1.29 is 4.39 Å². The van der Waals surface area contributed by atoms with Crippen molar-refractivity contribution in [3.8, 4) is 0 Å². The largest absolute Gasteiger partial charge is 0.376 e. The Morgan fingerprint density at radius 2 is 1.91 bits per heavy atom. The summed E-state index contributed by atoms with van der Waals surface area (Å²) in [7, 11) is 0. The predicted octanol–water partition coefficient (Wildman–Crippen LogP) is 2.99. The Kier molecular flexibility index (Phi) is 4.02. The van der Waals surface area contributed by atoms with Crippen molar-refractivity contribution in [3.63, 3.8) is 0 Å². The molecule has 22 heavy (non-hydrogen) atoms. The highest BCUT2D eigenvalue weighted by molar-refractivity contribution is 7.80. The Morgan fingerprint density at radius 1 is 1.18 bits per heavy atom. The topological polar surface area (TPSA) is 57.9 Å². The number of imidazole rings is 1. The van der Waals surface area contributed by atoms with Crippen LogP contribution in [0, 0.1) is 5.82 Å². The van der Waals surface area contributed by atoms with Crippen LogP contribution in [0.3, 0.4) is 0 Å².